The first-order valence-corrected chi connectivity index (χ1v) is 9.91. The molecule has 34 heavy (non-hydrogen) atoms. The van der Waals surface area contributed by atoms with Crippen molar-refractivity contribution < 1.29 is 43.2 Å². The second-order valence-electron chi connectivity index (χ2n) is 7.06. The minimum Gasteiger partial charge on any atom is -0.493 e. The maximum atomic E-state index is 12.8. The summed E-state index contributed by atoms with van der Waals surface area (Å²) in [6.07, 6.45) is 1.32. The number of amides is 4. The molecule has 4 rings (SSSR count). The SMILES string of the molecule is COc1cccc(/C=C2/NC(=O)N(CC(=O)Nc3ccc4c(c3)OCO4)C2=O)c1OCC(=O)O. The molecule has 2 aromatic carbocycles. The standard InChI is InChI=1S/C22H19N3O9/c1-31-16-4-2-3-12(20(16)32-10-19(27)28)7-14-21(29)25(22(30)24-14)9-18(26)23-13-5-6-15-17(8-13)34-11-33-15/h2-8H,9-11H2,1H3,(H,23,26)(H,24,30)(H,27,28)/b14-7+. The number of anilines is 1. The lowest BCUT2D eigenvalue weighted by atomic mass is 10.1. The van der Waals surface area contributed by atoms with Crippen LogP contribution in [0.5, 0.6) is 23.0 Å². The van der Waals surface area contributed by atoms with E-state index < -0.39 is 37.0 Å². The van der Waals surface area contributed by atoms with Gasteiger partial charge in [0.1, 0.15) is 12.2 Å². The highest BCUT2D eigenvalue weighted by Gasteiger charge is 2.35. The van der Waals surface area contributed by atoms with Crippen LogP contribution in [0.1, 0.15) is 5.56 Å². The molecule has 176 valence electrons. The molecule has 12 heteroatoms. The Morgan fingerprint density at radius 1 is 1.21 bits per heavy atom. The third-order valence-corrected chi connectivity index (χ3v) is 4.79. The van der Waals surface area contributed by atoms with Gasteiger partial charge in [0.25, 0.3) is 5.91 Å². The lowest BCUT2D eigenvalue weighted by molar-refractivity contribution is -0.139. The van der Waals surface area contributed by atoms with Gasteiger partial charge < -0.3 is 34.7 Å². The summed E-state index contributed by atoms with van der Waals surface area (Å²) < 4.78 is 20.9. The van der Waals surface area contributed by atoms with Gasteiger partial charge in [0.05, 0.1) is 7.11 Å². The smallest absolute Gasteiger partial charge is 0.341 e. The van der Waals surface area contributed by atoms with Crippen LogP contribution in [0.4, 0.5) is 10.5 Å². The lowest BCUT2D eigenvalue weighted by Crippen LogP contribution is -2.38. The van der Waals surface area contributed by atoms with Gasteiger partial charge in [-0.25, -0.2) is 14.5 Å². The fraction of sp³-hybridized carbons (Fsp3) is 0.182. The summed E-state index contributed by atoms with van der Waals surface area (Å²) in [7, 11) is 1.38. The van der Waals surface area contributed by atoms with Crippen molar-refractivity contribution in [3.63, 3.8) is 0 Å². The number of methoxy groups -OCH3 is 1. The average Bonchev–Trinajstić information content (AvgIpc) is 3.37. The normalized spacial score (nSPS) is 15.3. The molecule has 0 unspecified atom stereocenters. The largest absolute Gasteiger partial charge is 0.493 e. The Labute approximate surface area is 192 Å². The number of imide groups is 1. The van der Waals surface area contributed by atoms with Gasteiger partial charge in [-0.2, -0.15) is 0 Å². The molecule has 2 aliphatic heterocycles. The number of nitrogens with zero attached hydrogens (tertiary/aromatic N) is 1. The van der Waals surface area contributed by atoms with Crippen LogP contribution in [-0.2, 0) is 14.4 Å². The topological polar surface area (TPSA) is 153 Å². The third kappa shape index (κ3) is 4.70. The van der Waals surface area contributed by atoms with Gasteiger partial charge in [0, 0.05) is 17.3 Å². The fourth-order valence-electron chi connectivity index (χ4n) is 3.28. The Morgan fingerprint density at radius 2 is 2.00 bits per heavy atom. The predicted molar refractivity (Wildman–Crippen MR) is 116 cm³/mol. The first-order chi connectivity index (χ1) is 16.4. The molecule has 2 heterocycles. The maximum absolute atomic E-state index is 12.8. The quantitative estimate of drug-likeness (QED) is 0.385. The molecule has 1 saturated heterocycles. The number of para-hydroxylation sites is 1. The van der Waals surface area contributed by atoms with Crippen LogP contribution in [0.3, 0.4) is 0 Å². The van der Waals surface area contributed by atoms with E-state index >= 15 is 0 Å². The Kier molecular flexibility index (Phi) is 6.21. The van der Waals surface area contributed by atoms with E-state index in [2.05, 4.69) is 10.6 Å². The highest BCUT2D eigenvalue weighted by atomic mass is 16.7. The summed E-state index contributed by atoms with van der Waals surface area (Å²) in [5.74, 6) is -1.20. The summed E-state index contributed by atoms with van der Waals surface area (Å²) in [5, 5.41) is 13.9. The number of nitrogens with one attached hydrogen (secondary N) is 2. The molecular weight excluding hydrogens is 450 g/mol. The first-order valence-electron chi connectivity index (χ1n) is 9.91. The van der Waals surface area contributed by atoms with Gasteiger partial charge >= 0.3 is 12.0 Å². The highest BCUT2D eigenvalue weighted by molar-refractivity contribution is 6.16. The van der Waals surface area contributed by atoms with Crippen molar-refractivity contribution >= 4 is 35.6 Å². The number of fused-ring (bicyclic) bond motifs is 1. The molecule has 0 radical (unpaired) electrons. The van der Waals surface area contributed by atoms with Gasteiger partial charge in [-0.05, 0) is 24.3 Å². The number of carboxylic acid groups (broad SMARTS) is 1. The molecule has 2 aliphatic rings. The molecule has 0 aromatic heterocycles. The van der Waals surface area contributed by atoms with E-state index in [1.54, 1.807) is 36.4 Å². The number of ether oxygens (including phenoxy) is 4. The molecular formula is C22H19N3O9. The Hall–Kier alpha value is -4.74. The van der Waals surface area contributed by atoms with E-state index in [4.69, 9.17) is 24.1 Å². The van der Waals surface area contributed by atoms with E-state index in [-0.39, 0.29) is 24.0 Å². The zero-order valence-corrected chi connectivity index (χ0v) is 17.8. The second-order valence-corrected chi connectivity index (χ2v) is 7.06. The van der Waals surface area contributed by atoms with Gasteiger partial charge in [0.15, 0.2) is 29.6 Å². The molecule has 4 amide bonds. The Balaban J connectivity index is 1.48. The van der Waals surface area contributed by atoms with Crippen LogP contribution in [0, 0.1) is 0 Å². The van der Waals surface area contributed by atoms with Gasteiger partial charge in [-0.3, -0.25) is 9.59 Å². The average molecular weight is 469 g/mol. The number of carbonyl (C=O) groups is 4. The molecule has 0 atom stereocenters. The zero-order chi connectivity index (χ0) is 24.2. The minimum absolute atomic E-state index is 0.0840. The number of carboxylic acids is 1. The molecule has 0 aliphatic carbocycles. The highest BCUT2D eigenvalue weighted by Crippen LogP contribution is 2.34. The summed E-state index contributed by atoms with van der Waals surface area (Å²) >= 11 is 0. The number of urea groups is 1. The van der Waals surface area contributed by atoms with Gasteiger partial charge in [-0.15, -0.1) is 0 Å². The van der Waals surface area contributed by atoms with E-state index in [1.807, 2.05) is 0 Å². The Morgan fingerprint density at radius 3 is 2.76 bits per heavy atom. The van der Waals surface area contributed by atoms with Crippen molar-refractivity contribution in [3.05, 3.63) is 47.7 Å². The molecule has 0 saturated carbocycles. The summed E-state index contributed by atoms with van der Waals surface area (Å²) in [6.45, 7) is -1.08. The van der Waals surface area contributed by atoms with Crippen molar-refractivity contribution in [2.75, 3.05) is 32.4 Å². The molecule has 3 N–H and O–H groups in total. The van der Waals surface area contributed by atoms with Crippen molar-refractivity contribution in [2.24, 2.45) is 0 Å². The monoisotopic (exact) mass is 469 g/mol. The minimum atomic E-state index is -1.20. The van der Waals surface area contributed by atoms with Crippen LogP contribution in [-0.4, -0.2) is 60.9 Å². The van der Waals surface area contributed by atoms with Crippen LogP contribution < -0.4 is 29.6 Å². The number of carbonyl (C=O) groups excluding carboxylic acids is 3. The van der Waals surface area contributed by atoms with Crippen LogP contribution in [0.25, 0.3) is 6.08 Å². The predicted octanol–water partition coefficient (Wildman–Crippen LogP) is 1.42. The van der Waals surface area contributed by atoms with Crippen molar-refractivity contribution in [1.29, 1.82) is 0 Å². The Bertz CT molecular complexity index is 1210. The number of hydrogen-bond donors (Lipinski definition) is 3. The van der Waals surface area contributed by atoms with Crippen LogP contribution in [0.15, 0.2) is 42.1 Å². The fourth-order valence-corrected chi connectivity index (χ4v) is 3.28. The number of hydrogen-bond acceptors (Lipinski definition) is 8. The van der Waals surface area contributed by atoms with E-state index in [9.17, 15) is 19.2 Å². The first kappa shape index (κ1) is 22.5. The second kappa shape index (κ2) is 9.40. The van der Waals surface area contributed by atoms with Gasteiger partial charge in [0.2, 0.25) is 12.7 Å². The molecule has 2 aromatic rings. The summed E-state index contributed by atoms with van der Waals surface area (Å²) in [5.41, 5.74) is 0.596. The lowest BCUT2D eigenvalue weighted by Gasteiger charge is -2.13. The van der Waals surface area contributed by atoms with Crippen molar-refractivity contribution in [1.82, 2.24) is 10.2 Å². The zero-order valence-electron chi connectivity index (χ0n) is 17.8. The number of benzene rings is 2. The number of aliphatic carboxylic acids is 1. The molecule has 0 bridgehead atoms. The van der Waals surface area contributed by atoms with E-state index in [0.29, 0.717) is 22.7 Å². The van der Waals surface area contributed by atoms with Crippen LogP contribution in [0.2, 0.25) is 0 Å². The summed E-state index contributed by atoms with van der Waals surface area (Å²) in [4.78, 5) is 49.2. The number of rotatable bonds is 8. The maximum Gasteiger partial charge on any atom is 0.341 e. The third-order valence-electron chi connectivity index (χ3n) is 4.79. The van der Waals surface area contributed by atoms with Crippen LogP contribution >= 0.6 is 0 Å². The summed E-state index contributed by atoms with van der Waals surface area (Å²) in [6, 6.07) is 8.74. The van der Waals surface area contributed by atoms with E-state index in [1.165, 1.54) is 13.2 Å². The van der Waals surface area contributed by atoms with E-state index in [0.717, 1.165) is 4.90 Å². The molecule has 12 nitrogen and oxygen atoms in total. The van der Waals surface area contributed by atoms with Crippen molar-refractivity contribution in [3.8, 4) is 23.0 Å². The molecule has 0 spiro atoms. The van der Waals surface area contributed by atoms with Gasteiger partial charge in [-0.1, -0.05) is 12.1 Å². The van der Waals surface area contributed by atoms with Crippen molar-refractivity contribution in [2.45, 2.75) is 0 Å². The molecule has 1 fully saturated rings.